The number of piperidine rings is 1. The lowest BCUT2D eigenvalue weighted by molar-refractivity contribution is -0.171. The highest BCUT2D eigenvalue weighted by Crippen LogP contribution is 2.57. The van der Waals surface area contributed by atoms with E-state index >= 15 is 0 Å². The van der Waals surface area contributed by atoms with E-state index in [1.165, 1.54) is 0 Å². The van der Waals surface area contributed by atoms with Crippen LogP contribution in [0.3, 0.4) is 0 Å². The summed E-state index contributed by atoms with van der Waals surface area (Å²) >= 11 is 12.5. The number of hydrogen-bond donors (Lipinski definition) is 2. The minimum absolute atomic E-state index is 0.0730. The molecule has 1 aliphatic carbocycles. The number of ketones is 1. The molecule has 2 aliphatic rings. The maximum atomic E-state index is 13.9. The second-order valence-electron chi connectivity index (χ2n) is 8.97. The number of carbonyl (C=O) groups is 2. The molecule has 1 saturated heterocycles. The monoisotopic (exact) mass is 475 g/mol. The molecule has 2 aromatic carbocycles. The zero-order valence-corrected chi connectivity index (χ0v) is 19.4. The molecule has 1 amide bonds. The molecule has 0 aromatic heterocycles. The van der Waals surface area contributed by atoms with Crippen LogP contribution in [0.25, 0.3) is 0 Å². The highest BCUT2D eigenvalue weighted by atomic mass is 35.5. The van der Waals surface area contributed by atoms with E-state index in [4.69, 9.17) is 23.2 Å². The zero-order valence-electron chi connectivity index (χ0n) is 17.9. The van der Waals surface area contributed by atoms with Gasteiger partial charge in [0.25, 0.3) is 0 Å². The smallest absolute Gasteiger partial charge is 0.230 e. The van der Waals surface area contributed by atoms with E-state index in [1.807, 2.05) is 37.3 Å². The number of aliphatic hydroxyl groups is 2. The molecule has 170 valence electrons. The Hall–Kier alpha value is -1.92. The summed E-state index contributed by atoms with van der Waals surface area (Å²) in [4.78, 5) is 27.7. The molecule has 2 aromatic rings. The van der Waals surface area contributed by atoms with Crippen molar-refractivity contribution in [1.29, 1.82) is 0 Å². The number of benzene rings is 2. The average molecular weight is 476 g/mol. The van der Waals surface area contributed by atoms with E-state index < -0.39 is 30.2 Å². The van der Waals surface area contributed by atoms with Crippen molar-refractivity contribution in [2.75, 3.05) is 6.61 Å². The number of rotatable bonds is 6. The van der Waals surface area contributed by atoms with E-state index in [2.05, 4.69) is 0 Å². The van der Waals surface area contributed by atoms with Gasteiger partial charge in [0, 0.05) is 28.8 Å². The molecule has 2 fully saturated rings. The van der Waals surface area contributed by atoms with Crippen LogP contribution in [0.5, 0.6) is 0 Å². The van der Waals surface area contributed by atoms with Gasteiger partial charge >= 0.3 is 0 Å². The van der Waals surface area contributed by atoms with E-state index in [0.717, 1.165) is 11.1 Å². The molecule has 4 atom stereocenters. The normalized spacial score (nSPS) is 24.3. The topological polar surface area (TPSA) is 77.8 Å². The molecular formula is C25H27Cl2NO4. The van der Waals surface area contributed by atoms with Crippen molar-refractivity contribution in [2.24, 2.45) is 5.41 Å². The average Bonchev–Trinajstić information content (AvgIpc) is 2.76. The third-order valence-electron chi connectivity index (χ3n) is 6.95. The van der Waals surface area contributed by atoms with Gasteiger partial charge in [-0.1, -0.05) is 54.4 Å². The number of likely N-dealkylation sites (tertiary alicyclic amines) is 1. The highest BCUT2D eigenvalue weighted by molar-refractivity contribution is 6.30. The van der Waals surface area contributed by atoms with Gasteiger partial charge in [0.1, 0.15) is 5.78 Å². The lowest BCUT2D eigenvalue weighted by Gasteiger charge is -2.56. The predicted molar refractivity (Wildman–Crippen MR) is 124 cm³/mol. The van der Waals surface area contributed by atoms with Crippen LogP contribution in [-0.2, 0) is 9.59 Å². The van der Waals surface area contributed by atoms with Crippen molar-refractivity contribution >= 4 is 34.9 Å². The number of amides is 1. The van der Waals surface area contributed by atoms with Gasteiger partial charge in [-0.05, 0) is 48.2 Å². The molecule has 1 saturated carbocycles. The first-order valence-electron chi connectivity index (χ1n) is 10.9. The van der Waals surface area contributed by atoms with Crippen molar-refractivity contribution in [1.82, 2.24) is 4.90 Å². The Kier molecular flexibility index (Phi) is 6.64. The first-order valence-corrected chi connectivity index (χ1v) is 11.7. The molecule has 7 heteroatoms. The number of carbonyl (C=O) groups excluding carboxylic acids is 2. The molecule has 1 spiro atoms. The summed E-state index contributed by atoms with van der Waals surface area (Å²) < 4.78 is 0. The summed E-state index contributed by atoms with van der Waals surface area (Å²) in [5.41, 5.74) is 1.08. The molecule has 1 heterocycles. The largest absolute Gasteiger partial charge is 0.394 e. The summed E-state index contributed by atoms with van der Waals surface area (Å²) in [5.74, 6) is -0.195. The third kappa shape index (κ3) is 4.08. The molecule has 0 bridgehead atoms. The molecule has 5 nitrogen and oxygen atoms in total. The Labute approximate surface area is 197 Å². The summed E-state index contributed by atoms with van der Waals surface area (Å²) in [5, 5.41) is 21.6. The van der Waals surface area contributed by atoms with Gasteiger partial charge < -0.3 is 15.1 Å². The van der Waals surface area contributed by atoms with Gasteiger partial charge in [-0.3, -0.25) is 9.59 Å². The van der Waals surface area contributed by atoms with Crippen LogP contribution < -0.4 is 0 Å². The maximum Gasteiger partial charge on any atom is 0.230 e. The SMILES string of the molecule is CC[C@@H](C(O)CO)N1C(=O)C2(CC(=O)C2)C[C@H](c2cccc(Cl)c2)[C@H]1c1ccc(Cl)cc1. The zero-order chi connectivity index (χ0) is 23.0. The van der Waals surface area contributed by atoms with Crippen molar-refractivity contribution < 1.29 is 19.8 Å². The van der Waals surface area contributed by atoms with Gasteiger partial charge in [0.05, 0.1) is 30.2 Å². The van der Waals surface area contributed by atoms with Gasteiger partial charge in [-0.25, -0.2) is 0 Å². The van der Waals surface area contributed by atoms with E-state index in [1.54, 1.807) is 23.1 Å². The third-order valence-corrected chi connectivity index (χ3v) is 7.43. The molecule has 32 heavy (non-hydrogen) atoms. The first kappa shape index (κ1) is 23.2. The van der Waals surface area contributed by atoms with Gasteiger partial charge in [0.2, 0.25) is 5.91 Å². The minimum Gasteiger partial charge on any atom is -0.394 e. The van der Waals surface area contributed by atoms with Gasteiger partial charge in [-0.2, -0.15) is 0 Å². The number of hydrogen-bond acceptors (Lipinski definition) is 4. The quantitative estimate of drug-likeness (QED) is 0.642. The number of aliphatic hydroxyl groups excluding tert-OH is 2. The second-order valence-corrected chi connectivity index (χ2v) is 9.85. The number of Topliss-reactive ketones (excluding diaryl/α,β-unsaturated/α-hetero) is 1. The van der Waals surface area contributed by atoms with Crippen LogP contribution in [0.1, 0.15) is 55.7 Å². The summed E-state index contributed by atoms with van der Waals surface area (Å²) in [6.45, 7) is 1.43. The van der Waals surface area contributed by atoms with E-state index in [9.17, 15) is 19.8 Å². The van der Waals surface area contributed by atoms with Crippen molar-refractivity contribution in [2.45, 2.75) is 56.7 Å². The number of nitrogens with zero attached hydrogens (tertiary/aromatic N) is 1. The van der Waals surface area contributed by atoms with E-state index in [-0.39, 0.29) is 30.4 Å². The van der Waals surface area contributed by atoms with Crippen molar-refractivity contribution in [3.63, 3.8) is 0 Å². The summed E-state index contributed by atoms with van der Waals surface area (Å²) in [6, 6.07) is 14.0. The van der Waals surface area contributed by atoms with Crippen molar-refractivity contribution in [3.8, 4) is 0 Å². The second kappa shape index (κ2) is 9.14. The molecular weight excluding hydrogens is 449 g/mol. The maximum absolute atomic E-state index is 13.9. The standard InChI is InChI=1S/C25H27Cl2NO4/c1-2-21(22(31)14-29)28-23(15-6-8-17(26)9-7-15)20(16-4-3-5-18(27)10-16)13-25(24(28)32)11-19(30)12-25/h3-10,20-23,29,31H,2,11-14H2,1H3/t20-,21+,22?,23-/m1/s1. The fourth-order valence-electron chi connectivity index (χ4n) is 5.44. The lowest BCUT2D eigenvalue weighted by atomic mass is 9.57. The summed E-state index contributed by atoms with van der Waals surface area (Å²) in [7, 11) is 0. The molecule has 0 radical (unpaired) electrons. The first-order chi connectivity index (χ1) is 15.3. The van der Waals surface area contributed by atoms with Crippen LogP contribution in [0.4, 0.5) is 0 Å². The Morgan fingerprint density at radius 1 is 1.06 bits per heavy atom. The Morgan fingerprint density at radius 3 is 2.31 bits per heavy atom. The van der Waals surface area contributed by atoms with Crippen LogP contribution in [0.2, 0.25) is 10.0 Å². The van der Waals surface area contributed by atoms with Crippen molar-refractivity contribution in [3.05, 3.63) is 69.7 Å². The fraction of sp³-hybridized carbons (Fsp3) is 0.440. The van der Waals surface area contributed by atoms with Crippen LogP contribution >= 0.6 is 23.2 Å². The van der Waals surface area contributed by atoms with Crippen LogP contribution in [0.15, 0.2) is 48.5 Å². The van der Waals surface area contributed by atoms with Crippen LogP contribution in [-0.4, -0.2) is 45.6 Å². The van der Waals surface area contributed by atoms with Gasteiger partial charge in [0.15, 0.2) is 0 Å². The number of halogens is 2. The molecule has 4 rings (SSSR count). The Bertz CT molecular complexity index is 1000. The predicted octanol–water partition coefficient (Wildman–Crippen LogP) is 4.53. The molecule has 1 unspecified atom stereocenters. The lowest BCUT2D eigenvalue weighted by Crippen LogP contribution is -2.62. The van der Waals surface area contributed by atoms with E-state index in [0.29, 0.717) is 22.9 Å². The van der Waals surface area contributed by atoms with Gasteiger partial charge in [-0.15, -0.1) is 0 Å². The minimum atomic E-state index is -1.09. The fourth-order valence-corrected chi connectivity index (χ4v) is 5.76. The van der Waals surface area contributed by atoms with Crippen LogP contribution in [0, 0.1) is 5.41 Å². The Balaban J connectivity index is 1.90. The summed E-state index contributed by atoms with van der Waals surface area (Å²) in [6.07, 6.45) is 0.304. The molecule has 1 aliphatic heterocycles. The Morgan fingerprint density at radius 2 is 1.75 bits per heavy atom. The highest BCUT2D eigenvalue weighted by Gasteiger charge is 2.59. The molecule has 2 N–H and O–H groups in total.